The average Bonchev–Trinajstić information content (AvgIpc) is 2.81. The van der Waals surface area contributed by atoms with Gasteiger partial charge < -0.3 is 15.2 Å². The van der Waals surface area contributed by atoms with Gasteiger partial charge in [-0.2, -0.15) is 0 Å². The van der Waals surface area contributed by atoms with Crippen molar-refractivity contribution >= 4 is 0 Å². The lowest BCUT2D eigenvalue weighted by atomic mass is 9.69. The summed E-state index contributed by atoms with van der Waals surface area (Å²) in [5.74, 6) is 2.53. The molecule has 1 fully saturated rings. The lowest BCUT2D eigenvalue weighted by molar-refractivity contribution is 0.159. The monoisotopic (exact) mass is 444 g/mol. The maximum absolute atomic E-state index is 10.0. The number of ether oxygens (including phenoxy) is 1. The topological polar surface area (TPSA) is 44.7 Å². The Kier molecular flexibility index (Phi) is 7.36. The zero-order valence-electron chi connectivity index (χ0n) is 20.0. The van der Waals surface area contributed by atoms with Crippen LogP contribution in [0.25, 0.3) is 0 Å². The summed E-state index contributed by atoms with van der Waals surface area (Å²) >= 11 is 0. The first-order valence-corrected chi connectivity index (χ1v) is 12.0. The molecule has 0 aromatic heterocycles. The minimum atomic E-state index is -0.00412. The maximum Gasteiger partial charge on any atom is 0.127 e. The molecule has 1 heterocycles. The van der Waals surface area contributed by atoms with Gasteiger partial charge in [-0.3, -0.25) is 4.90 Å². The maximum atomic E-state index is 10.0. The van der Waals surface area contributed by atoms with Crippen LogP contribution in [0.4, 0.5) is 0 Å². The third-order valence-corrected chi connectivity index (χ3v) is 7.10. The summed E-state index contributed by atoms with van der Waals surface area (Å²) in [5, 5.41) is 13.8. The zero-order valence-corrected chi connectivity index (χ0v) is 20.0. The van der Waals surface area contributed by atoms with Gasteiger partial charge in [-0.05, 0) is 65.3 Å². The Bertz CT molecular complexity index is 1020. The van der Waals surface area contributed by atoms with Crippen molar-refractivity contribution in [2.24, 2.45) is 5.92 Å². The number of nitrogens with one attached hydrogen (secondary N) is 1. The van der Waals surface area contributed by atoms with Crippen molar-refractivity contribution in [2.45, 2.75) is 45.2 Å². The number of benzene rings is 3. The standard InChI is InChI=1S/C29H36N2O2/c1-22(2)29(3,24-8-7-9-26(32)18-24)19-25-21-31(17-16-30-25)20-23-12-14-28(15-13-23)33-27-10-5-4-6-11-27/h4-15,18,22,25,30,32H,16-17,19-21H2,1-3H3/t25?,29-/m1/s1. The second-order valence-electron chi connectivity index (χ2n) is 9.77. The van der Waals surface area contributed by atoms with Crippen molar-refractivity contribution < 1.29 is 9.84 Å². The van der Waals surface area contributed by atoms with E-state index in [1.54, 1.807) is 6.07 Å². The van der Waals surface area contributed by atoms with Crippen LogP contribution in [0, 0.1) is 5.92 Å². The molecule has 0 radical (unpaired) electrons. The van der Waals surface area contributed by atoms with Crippen LogP contribution in [0.3, 0.4) is 0 Å². The molecule has 1 saturated heterocycles. The van der Waals surface area contributed by atoms with Gasteiger partial charge in [0.25, 0.3) is 0 Å². The minimum Gasteiger partial charge on any atom is -0.508 e. The number of phenolic OH excluding ortho intramolecular Hbond substituents is 1. The third-order valence-electron chi connectivity index (χ3n) is 7.10. The van der Waals surface area contributed by atoms with Gasteiger partial charge in [0.2, 0.25) is 0 Å². The minimum absolute atomic E-state index is 0.00412. The van der Waals surface area contributed by atoms with E-state index in [9.17, 15) is 5.11 Å². The molecule has 3 aromatic rings. The summed E-state index contributed by atoms with van der Waals surface area (Å²) in [5.41, 5.74) is 2.51. The van der Waals surface area contributed by atoms with E-state index >= 15 is 0 Å². The SMILES string of the molecule is CC(C)[C@@](C)(CC1CN(Cc2ccc(Oc3ccccc3)cc2)CCN1)c1cccc(O)c1. The van der Waals surface area contributed by atoms with Crippen LogP contribution >= 0.6 is 0 Å². The zero-order chi connectivity index (χ0) is 23.3. The first kappa shape index (κ1) is 23.3. The first-order chi connectivity index (χ1) is 15.9. The van der Waals surface area contributed by atoms with Crippen molar-refractivity contribution in [1.29, 1.82) is 0 Å². The van der Waals surface area contributed by atoms with Gasteiger partial charge >= 0.3 is 0 Å². The van der Waals surface area contributed by atoms with Crippen LogP contribution in [-0.2, 0) is 12.0 Å². The molecule has 174 valence electrons. The Morgan fingerprint density at radius 3 is 2.42 bits per heavy atom. The number of piperazine rings is 1. The predicted molar refractivity (Wildman–Crippen MR) is 135 cm³/mol. The number of nitrogens with zero attached hydrogens (tertiary/aromatic N) is 1. The molecule has 3 aromatic carbocycles. The fraction of sp³-hybridized carbons (Fsp3) is 0.379. The fourth-order valence-corrected chi connectivity index (χ4v) is 4.78. The van der Waals surface area contributed by atoms with E-state index < -0.39 is 0 Å². The van der Waals surface area contributed by atoms with Crippen molar-refractivity contribution in [3.8, 4) is 17.2 Å². The van der Waals surface area contributed by atoms with Gasteiger partial charge in [0.15, 0.2) is 0 Å². The lowest BCUT2D eigenvalue weighted by Crippen LogP contribution is -2.52. The second-order valence-corrected chi connectivity index (χ2v) is 9.77. The smallest absolute Gasteiger partial charge is 0.127 e. The number of hydrogen-bond acceptors (Lipinski definition) is 4. The Morgan fingerprint density at radius 2 is 1.73 bits per heavy atom. The fourth-order valence-electron chi connectivity index (χ4n) is 4.78. The predicted octanol–water partition coefficient (Wildman–Crippen LogP) is 5.96. The molecule has 1 unspecified atom stereocenters. The van der Waals surface area contributed by atoms with E-state index in [1.165, 1.54) is 11.1 Å². The highest BCUT2D eigenvalue weighted by atomic mass is 16.5. The molecule has 0 bridgehead atoms. The summed E-state index contributed by atoms with van der Waals surface area (Å²) in [7, 11) is 0. The highest BCUT2D eigenvalue weighted by molar-refractivity contribution is 5.34. The van der Waals surface area contributed by atoms with E-state index in [1.807, 2.05) is 42.5 Å². The van der Waals surface area contributed by atoms with Gasteiger partial charge in [-0.15, -0.1) is 0 Å². The molecule has 0 aliphatic carbocycles. The molecule has 4 rings (SSSR count). The van der Waals surface area contributed by atoms with Gasteiger partial charge in [-0.25, -0.2) is 0 Å². The van der Waals surface area contributed by atoms with Gasteiger partial charge in [-0.1, -0.05) is 63.2 Å². The van der Waals surface area contributed by atoms with Crippen molar-refractivity contribution in [3.63, 3.8) is 0 Å². The highest BCUT2D eigenvalue weighted by Crippen LogP contribution is 2.38. The van der Waals surface area contributed by atoms with E-state index in [4.69, 9.17) is 4.74 Å². The number of hydrogen-bond donors (Lipinski definition) is 2. The van der Waals surface area contributed by atoms with Crippen molar-refractivity contribution in [3.05, 3.63) is 90.0 Å². The van der Waals surface area contributed by atoms with Crippen LogP contribution in [0.2, 0.25) is 0 Å². The van der Waals surface area contributed by atoms with Gasteiger partial charge in [0.1, 0.15) is 17.2 Å². The van der Waals surface area contributed by atoms with E-state index in [0.717, 1.165) is 44.1 Å². The van der Waals surface area contributed by atoms with Crippen molar-refractivity contribution in [1.82, 2.24) is 10.2 Å². The van der Waals surface area contributed by atoms with Crippen molar-refractivity contribution in [2.75, 3.05) is 19.6 Å². The Balaban J connectivity index is 1.38. The number of aromatic hydroxyl groups is 1. The molecular weight excluding hydrogens is 408 g/mol. The molecule has 1 aliphatic rings. The van der Waals surface area contributed by atoms with Crippen LogP contribution in [0.1, 0.15) is 38.3 Å². The average molecular weight is 445 g/mol. The molecule has 33 heavy (non-hydrogen) atoms. The van der Waals surface area contributed by atoms with Crippen LogP contribution in [-0.4, -0.2) is 35.7 Å². The van der Waals surface area contributed by atoms with Crippen LogP contribution < -0.4 is 10.1 Å². The molecule has 2 N–H and O–H groups in total. The number of para-hydroxylation sites is 1. The number of rotatable bonds is 8. The quantitative estimate of drug-likeness (QED) is 0.450. The van der Waals surface area contributed by atoms with E-state index in [2.05, 4.69) is 61.3 Å². The Hall–Kier alpha value is -2.82. The molecule has 0 saturated carbocycles. The lowest BCUT2D eigenvalue weighted by Gasteiger charge is -2.41. The molecular formula is C29H36N2O2. The molecule has 4 nitrogen and oxygen atoms in total. The van der Waals surface area contributed by atoms with E-state index in [0.29, 0.717) is 17.7 Å². The summed E-state index contributed by atoms with van der Waals surface area (Å²) < 4.78 is 5.93. The summed E-state index contributed by atoms with van der Waals surface area (Å²) in [6.45, 7) is 10.9. The van der Waals surface area contributed by atoms with Gasteiger partial charge in [0.05, 0.1) is 0 Å². The summed E-state index contributed by atoms with van der Waals surface area (Å²) in [6, 6.07) is 26.5. The van der Waals surface area contributed by atoms with Gasteiger partial charge in [0, 0.05) is 32.2 Å². The molecule has 2 atom stereocenters. The largest absolute Gasteiger partial charge is 0.508 e. The summed E-state index contributed by atoms with van der Waals surface area (Å²) in [4.78, 5) is 2.54. The van der Waals surface area contributed by atoms with Crippen LogP contribution in [0.5, 0.6) is 17.2 Å². The summed E-state index contributed by atoms with van der Waals surface area (Å²) in [6.07, 6.45) is 1.04. The van der Waals surface area contributed by atoms with E-state index in [-0.39, 0.29) is 5.41 Å². The molecule has 0 spiro atoms. The third kappa shape index (κ3) is 5.95. The Labute approximate surface area is 198 Å². The Morgan fingerprint density at radius 1 is 1.00 bits per heavy atom. The molecule has 1 aliphatic heterocycles. The molecule has 0 amide bonds. The highest BCUT2D eigenvalue weighted by Gasteiger charge is 2.35. The number of phenols is 1. The molecule has 4 heteroatoms. The van der Waals surface area contributed by atoms with Crippen LogP contribution in [0.15, 0.2) is 78.9 Å². The second kappa shape index (κ2) is 10.4. The normalized spacial score (nSPS) is 18.7. The first-order valence-electron chi connectivity index (χ1n) is 12.0.